The Morgan fingerprint density at radius 2 is 2.24 bits per heavy atom. The van der Waals surface area contributed by atoms with Gasteiger partial charge in [0.2, 0.25) is 0 Å². The van der Waals surface area contributed by atoms with Crippen LogP contribution in [0.25, 0.3) is 0 Å². The van der Waals surface area contributed by atoms with Crippen LogP contribution in [-0.4, -0.2) is 74.7 Å². The molecule has 21 heavy (non-hydrogen) atoms. The fourth-order valence-corrected chi connectivity index (χ4v) is 4.86. The monoisotopic (exact) mass is 366 g/mol. The lowest BCUT2D eigenvalue weighted by molar-refractivity contribution is -0.309. The first kappa shape index (κ1) is 19.3. The van der Waals surface area contributed by atoms with Crippen molar-refractivity contribution in [3.63, 3.8) is 0 Å². The summed E-state index contributed by atoms with van der Waals surface area (Å²) in [5.74, 6) is 0.238. The van der Waals surface area contributed by atoms with E-state index in [0.29, 0.717) is 6.54 Å². The van der Waals surface area contributed by atoms with Crippen LogP contribution in [-0.2, 0) is 28.3 Å². The average Bonchev–Trinajstić information content (AvgIpc) is 2.39. The molecule has 0 saturated carbocycles. The smallest absolute Gasteiger partial charge is 0.306 e. The van der Waals surface area contributed by atoms with Crippen LogP contribution in [0.5, 0.6) is 0 Å². The van der Waals surface area contributed by atoms with E-state index in [2.05, 4.69) is 9.07 Å². The largest absolute Gasteiger partial charge is 0.348 e. The van der Waals surface area contributed by atoms with Gasteiger partial charge in [0.25, 0.3) is 10.1 Å². The minimum Gasteiger partial charge on any atom is -0.306 e. The molecule has 1 fully saturated rings. The molecule has 9 nitrogen and oxygen atoms in total. The molecule has 1 aliphatic heterocycles. The van der Waals surface area contributed by atoms with Gasteiger partial charge in [0, 0.05) is 25.4 Å². The highest BCUT2D eigenvalue weighted by Crippen LogP contribution is 2.57. The second-order valence-corrected chi connectivity index (χ2v) is 8.89. The molecule has 0 bridgehead atoms. The number of hydrogen-bond donors (Lipinski definition) is 1. The summed E-state index contributed by atoms with van der Waals surface area (Å²) in [5, 5.41) is 8.94. The van der Waals surface area contributed by atoms with Crippen molar-refractivity contribution in [2.24, 2.45) is 0 Å². The zero-order chi connectivity index (χ0) is 16.1. The average molecular weight is 367 g/mol. The third-order valence-corrected chi connectivity index (χ3v) is 6.31. The van der Waals surface area contributed by atoms with E-state index >= 15 is 0 Å². The minimum atomic E-state index is -3.61. The Morgan fingerprint density at radius 3 is 2.76 bits per heavy atom. The molecule has 12 heteroatoms. The van der Waals surface area contributed by atoms with Gasteiger partial charge < -0.3 is 4.52 Å². The van der Waals surface area contributed by atoms with Crippen LogP contribution in [0.15, 0.2) is 0 Å². The highest BCUT2D eigenvalue weighted by molar-refractivity contribution is 7.85. The molecule has 0 radical (unpaired) electrons. The second-order valence-electron chi connectivity index (χ2n) is 4.43. The molecular weight excluding hydrogens is 347 g/mol. The summed E-state index contributed by atoms with van der Waals surface area (Å²) in [6.45, 7) is 0.141. The van der Waals surface area contributed by atoms with Crippen molar-refractivity contribution in [2.75, 3.05) is 45.5 Å². The van der Waals surface area contributed by atoms with E-state index in [9.17, 15) is 13.0 Å². The van der Waals surface area contributed by atoms with Gasteiger partial charge in [-0.2, -0.15) is 13.1 Å². The second kappa shape index (κ2) is 8.19. The van der Waals surface area contributed by atoms with E-state index in [1.807, 2.05) is 0 Å². The van der Waals surface area contributed by atoms with Gasteiger partial charge in [0.15, 0.2) is 6.23 Å². The summed E-state index contributed by atoms with van der Waals surface area (Å²) in [4.78, 5) is 4.32. The molecule has 1 aliphatic rings. The molecule has 1 heterocycles. The van der Waals surface area contributed by atoms with E-state index in [0.717, 1.165) is 6.26 Å². The molecule has 1 rings (SSSR count). The third-order valence-electron chi connectivity index (χ3n) is 2.86. The quantitative estimate of drug-likeness (QED) is 0.219. The maximum atomic E-state index is 13.0. The topological polar surface area (TPSA) is 106 Å². The summed E-state index contributed by atoms with van der Waals surface area (Å²) in [5.41, 5.74) is 0. The van der Waals surface area contributed by atoms with Crippen LogP contribution in [0.4, 0.5) is 0 Å². The summed E-state index contributed by atoms with van der Waals surface area (Å²) in [7, 11) is -5.51. The van der Waals surface area contributed by atoms with Gasteiger partial charge in [-0.05, 0) is 7.05 Å². The first-order chi connectivity index (χ1) is 9.74. The molecule has 0 spiro atoms. The van der Waals surface area contributed by atoms with Gasteiger partial charge in [-0.1, -0.05) is 0 Å². The Bertz CT molecular complexity index is 477. The van der Waals surface area contributed by atoms with Gasteiger partial charge in [-0.15, -0.1) is 11.6 Å². The lowest BCUT2D eigenvalue weighted by Crippen LogP contribution is -2.45. The molecule has 1 saturated heterocycles. The molecule has 0 aromatic carbocycles. The van der Waals surface area contributed by atoms with Crippen molar-refractivity contribution >= 4 is 29.4 Å². The molecular formula is C9H20ClN2O7PS. The Balaban J connectivity index is 2.85. The number of hydrogen-bond acceptors (Lipinski definition) is 7. The predicted octanol–water partition coefficient (Wildman–Crippen LogP) is 0.779. The Labute approximate surface area is 129 Å². The standard InChI is InChI=1S/C9H20ClN2O7PS/c1-11(5-4-10)20(14)12(6-8-18-21(2,15)16)9(19-13)3-7-17-20/h9,13H,3-8H2,1-2H3. The third kappa shape index (κ3) is 5.42. The summed E-state index contributed by atoms with van der Waals surface area (Å²) >= 11 is 5.64. The van der Waals surface area contributed by atoms with Crippen LogP contribution in [0.1, 0.15) is 6.42 Å². The van der Waals surface area contributed by atoms with Crippen molar-refractivity contribution in [2.45, 2.75) is 12.6 Å². The summed E-state index contributed by atoms with van der Waals surface area (Å²) < 4.78 is 47.6. The van der Waals surface area contributed by atoms with Crippen molar-refractivity contribution in [3.05, 3.63) is 0 Å². The van der Waals surface area contributed by atoms with E-state index in [4.69, 9.17) is 21.4 Å². The van der Waals surface area contributed by atoms with Gasteiger partial charge in [0.1, 0.15) is 0 Å². The van der Waals surface area contributed by atoms with E-state index in [1.54, 1.807) is 7.05 Å². The van der Waals surface area contributed by atoms with Gasteiger partial charge in [-0.25, -0.2) is 9.56 Å². The minimum absolute atomic E-state index is 0.0534. The molecule has 2 unspecified atom stereocenters. The maximum absolute atomic E-state index is 13.0. The fraction of sp³-hybridized carbons (Fsp3) is 1.00. The van der Waals surface area contributed by atoms with Crippen molar-refractivity contribution < 1.29 is 31.8 Å². The van der Waals surface area contributed by atoms with Crippen LogP contribution in [0.2, 0.25) is 0 Å². The van der Waals surface area contributed by atoms with Crippen LogP contribution in [0, 0.1) is 0 Å². The normalized spacial score (nSPS) is 28.1. The Morgan fingerprint density at radius 1 is 1.57 bits per heavy atom. The van der Waals surface area contributed by atoms with Gasteiger partial charge in [0.05, 0.1) is 19.5 Å². The number of halogens is 1. The zero-order valence-electron chi connectivity index (χ0n) is 11.8. The molecule has 2 atom stereocenters. The Hall–Kier alpha value is 0.230. The maximum Gasteiger partial charge on any atom is 0.348 e. The molecule has 0 amide bonds. The predicted molar refractivity (Wildman–Crippen MR) is 76.5 cm³/mol. The van der Waals surface area contributed by atoms with Crippen LogP contribution < -0.4 is 0 Å². The summed E-state index contributed by atoms with van der Waals surface area (Å²) in [6.07, 6.45) is 0.332. The Kier molecular flexibility index (Phi) is 7.51. The van der Waals surface area contributed by atoms with Crippen LogP contribution >= 0.6 is 19.3 Å². The number of alkyl halides is 1. The molecule has 0 aromatic heterocycles. The van der Waals surface area contributed by atoms with Crippen molar-refractivity contribution in [3.8, 4) is 0 Å². The van der Waals surface area contributed by atoms with Gasteiger partial charge >= 0.3 is 7.67 Å². The van der Waals surface area contributed by atoms with Crippen LogP contribution in [0.3, 0.4) is 0 Å². The first-order valence-corrected chi connectivity index (χ1v) is 10.1. The SMILES string of the molecule is CN(CCCl)P1(=O)OCCC(OO)N1CCOS(C)(=O)=O. The van der Waals surface area contributed by atoms with Crippen molar-refractivity contribution in [1.29, 1.82) is 0 Å². The highest BCUT2D eigenvalue weighted by Gasteiger charge is 2.44. The van der Waals surface area contributed by atoms with E-state index < -0.39 is 24.0 Å². The van der Waals surface area contributed by atoms with Crippen molar-refractivity contribution in [1.82, 2.24) is 9.34 Å². The molecule has 1 N–H and O–H groups in total. The number of nitrogens with zero attached hydrogens (tertiary/aromatic N) is 2. The fourth-order valence-electron chi connectivity index (χ4n) is 1.86. The summed E-state index contributed by atoms with van der Waals surface area (Å²) in [6, 6.07) is 0. The lowest BCUT2D eigenvalue weighted by Gasteiger charge is -2.42. The molecule has 126 valence electrons. The molecule has 0 aromatic rings. The first-order valence-electron chi connectivity index (χ1n) is 6.18. The zero-order valence-corrected chi connectivity index (χ0v) is 14.3. The van der Waals surface area contributed by atoms with E-state index in [1.165, 1.54) is 9.34 Å². The molecule has 0 aliphatic carbocycles. The van der Waals surface area contributed by atoms with E-state index in [-0.39, 0.29) is 32.1 Å². The van der Waals surface area contributed by atoms with Gasteiger partial charge in [-0.3, -0.25) is 14.0 Å². The number of rotatable bonds is 8. The lowest BCUT2D eigenvalue weighted by atomic mass is 10.4. The highest BCUT2D eigenvalue weighted by atomic mass is 35.5.